The summed E-state index contributed by atoms with van der Waals surface area (Å²) in [6.07, 6.45) is -0.0240. The third-order valence-corrected chi connectivity index (χ3v) is 3.98. The van der Waals surface area contributed by atoms with E-state index < -0.39 is 0 Å². The Balaban J connectivity index is 1.89. The van der Waals surface area contributed by atoms with Crippen molar-refractivity contribution in [3.05, 3.63) is 66.2 Å². The van der Waals surface area contributed by atoms with E-state index in [0.717, 1.165) is 27.7 Å². The van der Waals surface area contributed by atoms with E-state index >= 15 is 0 Å². The van der Waals surface area contributed by atoms with Gasteiger partial charge in [-0.05, 0) is 17.7 Å². The Morgan fingerprint density at radius 1 is 0.909 bits per heavy atom. The molecule has 3 aromatic rings. The van der Waals surface area contributed by atoms with Crippen LogP contribution in [0.25, 0.3) is 22.2 Å². The Labute approximate surface area is 129 Å². The van der Waals surface area contributed by atoms with Crippen molar-refractivity contribution < 1.29 is 9.47 Å². The van der Waals surface area contributed by atoms with Gasteiger partial charge in [0.15, 0.2) is 0 Å². The van der Waals surface area contributed by atoms with Crippen molar-refractivity contribution in [1.29, 1.82) is 0 Å². The quantitative estimate of drug-likeness (QED) is 0.715. The standard InChI is InChI=1S/C19H17NO2/c1-2-6-14(7-3-1)18-12-16(19-13-21-10-11-22-19)15-8-4-5-9-17(15)20-18/h1-9,12,19H,10-11,13H2. The Morgan fingerprint density at radius 2 is 1.73 bits per heavy atom. The monoisotopic (exact) mass is 291 g/mol. The maximum atomic E-state index is 5.91. The van der Waals surface area contributed by atoms with Crippen molar-refractivity contribution in [2.45, 2.75) is 6.10 Å². The van der Waals surface area contributed by atoms with Gasteiger partial charge in [-0.25, -0.2) is 4.98 Å². The number of rotatable bonds is 2. The lowest BCUT2D eigenvalue weighted by atomic mass is 10.00. The summed E-state index contributed by atoms with van der Waals surface area (Å²) >= 11 is 0. The smallest absolute Gasteiger partial charge is 0.107 e. The topological polar surface area (TPSA) is 31.4 Å². The molecule has 1 fully saturated rings. The van der Waals surface area contributed by atoms with Crippen molar-refractivity contribution in [2.75, 3.05) is 19.8 Å². The van der Waals surface area contributed by atoms with Crippen LogP contribution in [0.2, 0.25) is 0 Å². The molecule has 2 heterocycles. The number of hydrogen-bond acceptors (Lipinski definition) is 3. The molecule has 110 valence electrons. The number of benzene rings is 2. The predicted octanol–water partition coefficient (Wildman–Crippen LogP) is 3.99. The maximum absolute atomic E-state index is 5.91. The molecule has 2 aromatic carbocycles. The molecule has 4 rings (SSSR count). The van der Waals surface area contributed by atoms with E-state index in [0.29, 0.717) is 19.8 Å². The Kier molecular flexibility index (Phi) is 3.59. The number of hydrogen-bond donors (Lipinski definition) is 0. The average Bonchev–Trinajstić information content (AvgIpc) is 2.62. The van der Waals surface area contributed by atoms with E-state index in [-0.39, 0.29) is 6.10 Å². The highest BCUT2D eigenvalue weighted by Crippen LogP contribution is 2.31. The highest BCUT2D eigenvalue weighted by Gasteiger charge is 2.20. The van der Waals surface area contributed by atoms with Crippen LogP contribution in [-0.2, 0) is 9.47 Å². The second kappa shape index (κ2) is 5.87. The van der Waals surface area contributed by atoms with Crippen LogP contribution in [0.15, 0.2) is 60.7 Å². The van der Waals surface area contributed by atoms with Crippen LogP contribution in [0.1, 0.15) is 11.7 Å². The van der Waals surface area contributed by atoms with Crippen LogP contribution in [0, 0.1) is 0 Å². The van der Waals surface area contributed by atoms with E-state index in [1.807, 2.05) is 30.3 Å². The fraction of sp³-hybridized carbons (Fsp3) is 0.211. The van der Waals surface area contributed by atoms with Gasteiger partial charge in [-0.2, -0.15) is 0 Å². The molecule has 0 spiro atoms. The van der Waals surface area contributed by atoms with E-state index in [4.69, 9.17) is 14.5 Å². The van der Waals surface area contributed by atoms with Crippen LogP contribution in [0.4, 0.5) is 0 Å². The molecule has 1 aliphatic rings. The summed E-state index contributed by atoms with van der Waals surface area (Å²) in [5, 5.41) is 1.14. The average molecular weight is 291 g/mol. The summed E-state index contributed by atoms with van der Waals surface area (Å²) in [4.78, 5) is 4.80. The molecular formula is C19H17NO2. The Morgan fingerprint density at radius 3 is 2.55 bits per heavy atom. The predicted molar refractivity (Wildman–Crippen MR) is 86.7 cm³/mol. The fourth-order valence-corrected chi connectivity index (χ4v) is 2.89. The Hall–Kier alpha value is -2.23. The van der Waals surface area contributed by atoms with E-state index in [1.165, 1.54) is 0 Å². The van der Waals surface area contributed by atoms with Gasteiger partial charge in [0.1, 0.15) is 6.10 Å². The summed E-state index contributed by atoms with van der Waals surface area (Å²) in [6.45, 7) is 1.91. The number of aromatic nitrogens is 1. The molecule has 1 atom stereocenters. The molecule has 1 unspecified atom stereocenters. The first kappa shape index (κ1) is 13.4. The van der Waals surface area contributed by atoms with E-state index in [1.54, 1.807) is 0 Å². The van der Waals surface area contributed by atoms with Gasteiger partial charge in [0.25, 0.3) is 0 Å². The highest BCUT2D eigenvalue weighted by atomic mass is 16.6. The number of pyridine rings is 1. The molecular weight excluding hydrogens is 274 g/mol. The summed E-state index contributed by atoms with van der Waals surface area (Å²) in [7, 11) is 0. The maximum Gasteiger partial charge on any atom is 0.107 e. The zero-order chi connectivity index (χ0) is 14.8. The third-order valence-electron chi connectivity index (χ3n) is 3.98. The molecule has 0 radical (unpaired) electrons. The molecule has 22 heavy (non-hydrogen) atoms. The lowest BCUT2D eigenvalue weighted by molar-refractivity contribution is -0.0895. The van der Waals surface area contributed by atoms with Gasteiger partial charge in [0.05, 0.1) is 31.0 Å². The van der Waals surface area contributed by atoms with Crippen molar-refractivity contribution >= 4 is 10.9 Å². The Bertz CT molecular complexity index is 780. The van der Waals surface area contributed by atoms with Crippen LogP contribution in [-0.4, -0.2) is 24.8 Å². The van der Waals surface area contributed by atoms with Gasteiger partial charge in [-0.15, -0.1) is 0 Å². The first-order valence-corrected chi connectivity index (χ1v) is 7.56. The molecule has 0 N–H and O–H groups in total. The second-order valence-corrected chi connectivity index (χ2v) is 5.41. The molecule has 0 aliphatic carbocycles. The fourth-order valence-electron chi connectivity index (χ4n) is 2.89. The molecule has 0 saturated carbocycles. The third kappa shape index (κ3) is 2.49. The highest BCUT2D eigenvalue weighted by molar-refractivity contribution is 5.85. The SMILES string of the molecule is c1ccc(-c2cc(C3COCCO3)c3ccccc3n2)cc1. The first-order valence-electron chi connectivity index (χ1n) is 7.56. The minimum Gasteiger partial charge on any atom is -0.376 e. The van der Waals surface area contributed by atoms with Crippen molar-refractivity contribution in [2.24, 2.45) is 0 Å². The molecule has 1 aromatic heterocycles. The van der Waals surface area contributed by atoms with Crippen molar-refractivity contribution in [1.82, 2.24) is 4.98 Å². The molecule has 3 nitrogen and oxygen atoms in total. The van der Waals surface area contributed by atoms with Gasteiger partial charge in [0.2, 0.25) is 0 Å². The van der Waals surface area contributed by atoms with Crippen molar-refractivity contribution in [3.8, 4) is 11.3 Å². The lowest BCUT2D eigenvalue weighted by Gasteiger charge is -2.24. The van der Waals surface area contributed by atoms with Gasteiger partial charge in [0, 0.05) is 10.9 Å². The van der Waals surface area contributed by atoms with Gasteiger partial charge in [-0.3, -0.25) is 0 Å². The van der Waals surface area contributed by atoms with E-state index in [9.17, 15) is 0 Å². The normalized spacial score (nSPS) is 18.5. The zero-order valence-electron chi connectivity index (χ0n) is 12.2. The van der Waals surface area contributed by atoms with Crippen LogP contribution >= 0.6 is 0 Å². The lowest BCUT2D eigenvalue weighted by Crippen LogP contribution is -2.22. The number of nitrogens with zero attached hydrogens (tertiary/aromatic N) is 1. The minimum atomic E-state index is -0.0240. The van der Waals surface area contributed by atoms with Crippen LogP contribution in [0.3, 0.4) is 0 Å². The molecule has 1 aliphatic heterocycles. The number of para-hydroxylation sites is 1. The van der Waals surface area contributed by atoms with Gasteiger partial charge >= 0.3 is 0 Å². The van der Waals surface area contributed by atoms with Crippen molar-refractivity contribution in [3.63, 3.8) is 0 Å². The van der Waals surface area contributed by atoms with Gasteiger partial charge < -0.3 is 9.47 Å². The summed E-state index contributed by atoms with van der Waals surface area (Å²) < 4.78 is 11.5. The zero-order valence-corrected chi connectivity index (χ0v) is 12.2. The first-order chi connectivity index (χ1) is 10.9. The number of ether oxygens (including phenoxy) is 2. The molecule has 0 bridgehead atoms. The van der Waals surface area contributed by atoms with Gasteiger partial charge in [-0.1, -0.05) is 48.5 Å². The number of fused-ring (bicyclic) bond motifs is 1. The summed E-state index contributed by atoms with van der Waals surface area (Å²) in [6, 6.07) is 20.6. The second-order valence-electron chi connectivity index (χ2n) is 5.41. The molecule has 3 heteroatoms. The largest absolute Gasteiger partial charge is 0.376 e. The summed E-state index contributed by atoms with van der Waals surface area (Å²) in [5.74, 6) is 0. The van der Waals surface area contributed by atoms with Crippen LogP contribution in [0.5, 0.6) is 0 Å². The summed E-state index contributed by atoms with van der Waals surface area (Å²) in [5.41, 5.74) is 4.24. The van der Waals surface area contributed by atoms with E-state index in [2.05, 4.69) is 30.3 Å². The molecule has 0 amide bonds. The van der Waals surface area contributed by atoms with Crippen LogP contribution < -0.4 is 0 Å². The minimum absolute atomic E-state index is 0.0240. The molecule has 1 saturated heterocycles.